The quantitative estimate of drug-likeness (QED) is 0.0515. The minimum Gasteiger partial charge on any atom is -0.440 e. The van der Waals surface area contributed by atoms with E-state index in [4.69, 9.17) is 16.5 Å². The van der Waals surface area contributed by atoms with E-state index in [0.717, 1.165) is 12.1 Å². The lowest BCUT2D eigenvalue weighted by Gasteiger charge is -2.43. The zero-order chi connectivity index (χ0) is 33.4. The summed E-state index contributed by atoms with van der Waals surface area (Å²) >= 11 is 0. The average Bonchev–Trinajstić information content (AvgIpc) is 2.88. The van der Waals surface area contributed by atoms with Crippen molar-refractivity contribution in [2.45, 2.75) is 226 Å². The Hall–Kier alpha value is 0.924. The first-order valence-corrected chi connectivity index (χ1v) is 33.5. The Morgan fingerprint density at radius 3 is 0.977 bits per heavy atom. The van der Waals surface area contributed by atoms with E-state index >= 15 is 0 Å². The maximum atomic E-state index is 7.34. The lowest BCUT2D eigenvalue weighted by molar-refractivity contribution is 0.288. The Bertz CT molecular complexity index is 662. The van der Waals surface area contributed by atoms with Gasteiger partial charge in [0.15, 0.2) is 17.4 Å². The van der Waals surface area contributed by atoms with Gasteiger partial charge in [0.2, 0.25) is 0 Å². The van der Waals surface area contributed by atoms with Gasteiger partial charge in [-0.1, -0.05) is 155 Å². The van der Waals surface area contributed by atoms with Crippen molar-refractivity contribution in [3.63, 3.8) is 0 Å². The molecule has 0 fully saturated rings. The summed E-state index contributed by atoms with van der Waals surface area (Å²) in [4.78, 5) is 0. The lowest BCUT2D eigenvalue weighted by atomic mass is 10.1. The molecule has 0 saturated carbocycles. The molecule has 0 aliphatic heterocycles. The van der Waals surface area contributed by atoms with Crippen molar-refractivity contribution in [2.75, 3.05) is 0 Å². The maximum Gasteiger partial charge on any atom is 0.317 e. The monoisotopic (exact) mass is 707 g/mol. The topological polar surface area (TPSA) is 36.9 Å². The zero-order valence-electron chi connectivity index (χ0n) is 32.2. The third kappa shape index (κ3) is 28.0. The van der Waals surface area contributed by atoms with Crippen LogP contribution in [0.3, 0.4) is 0 Å². The number of unbranched alkanes of at least 4 members (excludes halogenated alkanes) is 20. The van der Waals surface area contributed by atoms with Crippen molar-refractivity contribution in [1.82, 2.24) is 0 Å². The highest BCUT2D eigenvalue weighted by atomic mass is 28.5. The molecule has 0 aromatic heterocycles. The number of rotatable bonds is 32. The molecule has 0 heterocycles. The van der Waals surface area contributed by atoms with E-state index in [1.165, 1.54) is 141 Å². The summed E-state index contributed by atoms with van der Waals surface area (Å²) in [5, 5.41) is 0. The van der Waals surface area contributed by atoms with Gasteiger partial charge in [-0.25, -0.2) is 0 Å². The normalized spacial score (nSPS) is 15.5. The van der Waals surface area contributed by atoms with Gasteiger partial charge >= 0.3 is 25.7 Å². The van der Waals surface area contributed by atoms with Crippen molar-refractivity contribution in [1.29, 1.82) is 0 Å². The molecule has 0 bridgehead atoms. The van der Waals surface area contributed by atoms with Gasteiger partial charge in [-0.3, -0.25) is 0 Å². The Kier molecular flexibility index (Phi) is 26.4. The highest BCUT2D eigenvalue weighted by Gasteiger charge is 2.47. The fourth-order valence-electron chi connectivity index (χ4n) is 6.68. The van der Waals surface area contributed by atoms with Crippen LogP contribution < -0.4 is 0 Å². The van der Waals surface area contributed by atoms with Crippen LogP contribution >= 0.6 is 0 Å². The molecule has 0 radical (unpaired) electrons. The third-order valence-corrected chi connectivity index (χ3v) is 26.4. The highest BCUT2D eigenvalue weighted by molar-refractivity contribution is 6.89. The van der Waals surface area contributed by atoms with Gasteiger partial charge in [0.25, 0.3) is 0 Å². The molecule has 9 heteroatoms. The molecule has 4 nitrogen and oxygen atoms in total. The second-order valence-electron chi connectivity index (χ2n) is 15.8. The molecule has 0 aromatic rings. The molecule has 0 amide bonds. The van der Waals surface area contributed by atoms with Crippen LogP contribution in [0, 0.1) is 0 Å². The largest absolute Gasteiger partial charge is 0.440 e. The smallest absolute Gasteiger partial charge is 0.317 e. The molecule has 44 heavy (non-hydrogen) atoms. The first-order valence-electron chi connectivity index (χ1n) is 19.4. The zero-order valence-corrected chi connectivity index (χ0v) is 37.3. The van der Waals surface area contributed by atoms with E-state index < -0.39 is 43.0 Å². The highest BCUT2D eigenvalue weighted by Crippen LogP contribution is 2.32. The van der Waals surface area contributed by atoms with Crippen LogP contribution in [0.25, 0.3) is 0 Å². The van der Waals surface area contributed by atoms with E-state index in [1.807, 2.05) is 0 Å². The number of hydrogen-bond donors (Lipinski definition) is 0. The Labute approximate surface area is 284 Å². The summed E-state index contributed by atoms with van der Waals surface area (Å²) in [6.45, 7) is 25.3. The summed E-state index contributed by atoms with van der Waals surface area (Å²) in [6, 6.07) is 2.17. The van der Waals surface area contributed by atoms with Crippen LogP contribution in [0.2, 0.25) is 71.0 Å². The summed E-state index contributed by atoms with van der Waals surface area (Å²) in [7, 11) is -10.0. The fourth-order valence-corrected chi connectivity index (χ4v) is 29.3. The second-order valence-corrected chi connectivity index (χ2v) is 33.9. The standard InChI is InChI=1S/C35H82O4Si5/c1-12-14-16-18-20-22-24-25-27-28-30-32-34-43(10,37-41(5,6)7)39-44(11,38-42(8,9)36-40(3)4)35-33-31-29-26-23-21-19-17-15-13-2/h40H,12-35H2,1-11H3. The van der Waals surface area contributed by atoms with Crippen molar-refractivity contribution in [3.8, 4) is 0 Å². The molecular formula is C35H82O4Si5. The number of hydrogen-bond acceptors (Lipinski definition) is 4. The van der Waals surface area contributed by atoms with Gasteiger partial charge in [-0.2, -0.15) is 0 Å². The molecule has 0 aliphatic rings. The van der Waals surface area contributed by atoms with Gasteiger partial charge in [0, 0.05) is 0 Å². The molecule has 0 saturated heterocycles. The van der Waals surface area contributed by atoms with E-state index in [-0.39, 0.29) is 0 Å². The average molecular weight is 707 g/mol. The molecule has 266 valence electrons. The van der Waals surface area contributed by atoms with Gasteiger partial charge in [-0.15, -0.1) is 0 Å². The SMILES string of the molecule is CCCCCCCCCCCCCC[Si](C)(O[Si](C)(C)C)O[Si](C)(CCCCCCCCCCCC)O[Si](C)(C)O[SiH](C)C. The van der Waals surface area contributed by atoms with E-state index in [2.05, 4.69) is 72.8 Å². The fraction of sp³-hybridized carbons (Fsp3) is 1.00. The van der Waals surface area contributed by atoms with Crippen molar-refractivity contribution in [2.24, 2.45) is 0 Å². The summed E-state index contributed by atoms with van der Waals surface area (Å²) < 4.78 is 27.9. The predicted molar refractivity (Wildman–Crippen MR) is 210 cm³/mol. The molecule has 0 rings (SSSR count). The van der Waals surface area contributed by atoms with Crippen LogP contribution in [-0.2, 0) is 16.5 Å². The minimum absolute atomic E-state index is 1.07. The van der Waals surface area contributed by atoms with Crippen molar-refractivity contribution in [3.05, 3.63) is 0 Å². The Morgan fingerprint density at radius 2 is 0.682 bits per heavy atom. The summed E-state index contributed by atoms with van der Waals surface area (Å²) in [5.74, 6) is 0. The second kappa shape index (κ2) is 25.9. The van der Waals surface area contributed by atoms with E-state index in [0.29, 0.717) is 0 Å². The van der Waals surface area contributed by atoms with Crippen LogP contribution in [0.15, 0.2) is 0 Å². The molecular weight excluding hydrogens is 625 g/mol. The van der Waals surface area contributed by atoms with Crippen LogP contribution in [0.1, 0.15) is 155 Å². The maximum absolute atomic E-state index is 7.34. The van der Waals surface area contributed by atoms with Crippen LogP contribution in [-0.4, -0.2) is 43.0 Å². The van der Waals surface area contributed by atoms with E-state index in [9.17, 15) is 0 Å². The van der Waals surface area contributed by atoms with Crippen molar-refractivity contribution >= 4 is 43.0 Å². The minimum atomic E-state index is -2.46. The first kappa shape index (κ1) is 44.9. The summed E-state index contributed by atoms with van der Waals surface area (Å²) in [5.41, 5.74) is 0. The molecule has 0 aliphatic carbocycles. The van der Waals surface area contributed by atoms with Gasteiger partial charge < -0.3 is 16.5 Å². The predicted octanol–water partition coefficient (Wildman–Crippen LogP) is 13.3. The first-order chi connectivity index (χ1) is 20.7. The van der Waals surface area contributed by atoms with Crippen molar-refractivity contribution < 1.29 is 16.5 Å². The van der Waals surface area contributed by atoms with Gasteiger partial charge in [-0.05, 0) is 71.0 Å². The Morgan fingerprint density at radius 1 is 0.386 bits per heavy atom. The van der Waals surface area contributed by atoms with E-state index in [1.54, 1.807) is 0 Å². The molecule has 2 atom stereocenters. The lowest BCUT2D eigenvalue weighted by Crippen LogP contribution is -2.59. The third-order valence-electron chi connectivity index (χ3n) is 8.40. The summed E-state index contributed by atoms with van der Waals surface area (Å²) in [6.07, 6.45) is 30.1. The van der Waals surface area contributed by atoms with Gasteiger partial charge in [0.1, 0.15) is 0 Å². The molecule has 0 aromatic carbocycles. The Balaban J connectivity index is 5.02. The molecule has 2 unspecified atom stereocenters. The molecule has 0 spiro atoms. The van der Waals surface area contributed by atoms with Crippen LogP contribution in [0.4, 0.5) is 0 Å². The van der Waals surface area contributed by atoms with Crippen LogP contribution in [0.5, 0.6) is 0 Å². The van der Waals surface area contributed by atoms with Gasteiger partial charge in [0.05, 0.1) is 0 Å². The molecule has 0 N–H and O–H groups in total.